The Morgan fingerprint density at radius 1 is 1.35 bits per heavy atom. The van der Waals surface area contributed by atoms with E-state index in [1.807, 2.05) is 19.9 Å². The molecule has 1 aromatic heterocycles. The Bertz CT molecular complexity index is 538. The Labute approximate surface area is 100 Å². The average molecular weight is 232 g/mol. The molecule has 4 heteroatoms. The van der Waals surface area contributed by atoms with Gasteiger partial charge in [0.1, 0.15) is 11.5 Å². The van der Waals surface area contributed by atoms with Gasteiger partial charge in [-0.2, -0.15) is 0 Å². The highest BCUT2D eigenvalue weighted by Gasteiger charge is 2.08. The van der Waals surface area contributed by atoms with E-state index in [2.05, 4.69) is 4.98 Å². The van der Waals surface area contributed by atoms with E-state index in [9.17, 15) is 5.11 Å². The smallest absolute Gasteiger partial charge is 0.131 e. The molecule has 0 aliphatic heterocycles. The van der Waals surface area contributed by atoms with Crippen LogP contribution in [0.4, 0.5) is 0 Å². The number of pyridine rings is 1. The second kappa shape index (κ2) is 4.59. The molecule has 0 radical (unpaired) electrons. The lowest BCUT2D eigenvalue weighted by atomic mass is 10.1. The molecule has 0 amide bonds. The third kappa shape index (κ3) is 2.47. The first-order valence-electron chi connectivity index (χ1n) is 5.59. The second-order valence-electron chi connectivity index (χ2n) is 4.18. The van der Waals surface area contributed by atoms with Gasteiger partial charge in [-0.3, -0.25) is 4.98 Å². The fourth-order valence-corrected chi connectivity index (χ4v) is 1.69. The summed E-state index contributed by atoms with van der Waals surface area (Å²) in [6.45, 7) is 4.28. The summed E-state index contributed by atoms with van der Waals surface area (Å²) in [5.74, 6) is 0.912. The number of hydrogen-bond acceptors (Lipinski definition) is 4. The first-order chi connectivity index (χ1) is 8.10. The summed E-state index contributed by atoms with van der Waals surface area (Å²) in [5.41, 5.74) is 7.16. The van der Waals surface area contributed by atoms with Crippen LogP contribution < -0.4 is 10.5 Å². The van der Waals surface area contributed by atoms with Crippen molar-refractivity contribution in [2.24, 2.45) is 5.73 Å². The number of fused-ring (bicyclic) bond motifs is 1. The molecule has 0 bridgehead atoms. The van der Waals surface area contributed by atoms with Crippen molar-refractivity contribution in [1.29, 1.82) is 0 Å². The summed E-state index contributed by atoms with van der Waals surface area (Å²) in [7, 11) is 0. The normalized spacial score (nSPS) is 11.1. The maximum atomic E-state index is 9.51. The summed E-state index contributed by atoms with van der Waals surface area (Å²) in [5, 5.41) is 10.3. The molecule has 2 aromatic rings. The number of aromatic hydroxyl groups is 1. The van der Waals surface area contributed by atoms with Crippen LogP contribution in [0.1, 0.15) is 19.5 Å². The molecule has 0 aliphatic carbocycles. The molecule has 1 aromatic carbocycles. The van der Waals surface area contributed by atoms with Crippen molar-refractivity contribution >= 4 is 10.9 Å². The monoisotopic (exact) mass is 232 g/mol. The topological polar surface area (TPSA) is 68.4 Å². The molecule has 3 N–H and O–H groups in total. The number of nitrogens with zero attached hydrogens (tertiary/aromatic N) is 1. The van der Waals surface area contributed by atoms with Crippen molar-refractivity contribution < 1.29 is 9.84 Å². The number of phenolic OH excluding ortho intramolecular Hbond substituents is 1. The van der Waals surface area contributed by atoms with Gasteiger partial charge >= 0.3 is 0 Å². The number of hydrogen-bond donors (Lipinski definition) is 2. The van der Waals surface area contributed by atoms with Gasteiger partial charge < -0.3 is 15.6 Å². The fraction of sp³-hybridized carbons (Fsp3) is 0.308. The molecule has 17 heavy (non-hydrogen) atoms. The molecule has 0 spiro atoms. The van der Waals surface area contributed by atoms with Crippen LogP contribution in [0.3, 0.4) is 0 Å². The minimum absolute atomic E-state index is 0.0635. The first-order valence-corrected chi connectivity index (χ1v) is 5.59. The predicted molar refractivity (Wildman–Crippen MR) is 67.1 cm³/mol. The van der Waals surface area contributed by atoms with Crippen molar-refractivity contribution in [2.45, 2.75) is 26.5 Å². The summed E-state index contributed by atoms with van der Waals surface area (Å²) in [6.07, 6.45) is 0.0635. The lowest BCUT2D eigenvalue weighted by Gasteiger charge is -2.13. The maximum absolute atomic E-state index is 9.51. The van der Waals surface area contributed by atoms with E-state index in [0.717, 1.165) is 16.6 Å². The Hall–Kier alpha value is -1.81. The van der Waals surface area contributed by atoms with E-state index in [-0.39, 0.29) is 11.9 Å². The fourth-order valence-electron chi connectivity index (χ4n) is 1.69. The maximum Gasteiger partial charge on any atom is 0.131 e. The van der Waals surface area contributed by atoms with Crippen LogP contribution >= 0.6 is 0 Å². The Morgan fingerprint density at radius 2 is 2.12 bits per heavy atom. The number of ether oxygens (including phenoxy) is 1. The van der Waals surface area contributed by atoms with E-state index in [4.69, 9.17) is 10.5 Å². The second-order valence-corrected chi connectivity index (χ2v) is 4.18. The highest BCUT2D eigenvalue weighted by Crippen LogP contribution is 2.29. The van der Waals surface area contributed by atoms with Gasteiger partial charge in [-0.1, -0.05) is 0 Å². The molecule has 0 atom stereocenters. The van der Waals surface area contributed by atoms with Crippen molar-refractivity contribution in [3.8, 4) is 11.5 Å². The zero-order chi connectivity index (χ0) is 12.4. The van der Waals surface area contributed by atoms with Crippen molar-refractivity contribution in [3.63, 3.8) is 0 Å². The molecule has 0 aliphatic rings. The van der Waals surface area contributed by atoms with E-state index >= 15 is 0 Å². The third-order valence-corrected chi connectivity index (χ3v) is 2.38. The lowest BCUT2D eigenvalue weighted by molar-refractivity contribution is 0.245. The summed E-state index contributed by atoms with van der Waals surface area (Å²) in [4.78, 5) is 4.39. The largest absolute Gasteiger partial charge is 0.508 e. The van der Waals surface area contributed by atoms with Gasteiger partial charge in [0.2, 0.25) is 0 Å². The van der Waals surface area contributed by atoms with E-state index in [1.165, 1.54) is 0 Å². The number of benzene rings is 1. The highest BCUT2D eigenvalue weighted by molar-refractivity contribution is 5.86. The van der Waals surface area contributed by atoms with Gasteiger partial charge in [0.25, 0.3) is 0 Å². The Kier molecular flexibility index (Phi) is 3.15. The van der Waals surface area contributed by atoms with Crippen LogP contribution in [0.15, 0.2) is 24.3 Å². The molecule has 2 rings (SSSR count). The quantitative estimate of drug-likeness (QED) is 0.851. The van der Waals surface area contributed by atoms with Crippen LogP contribution in [0, 0.1) is 0 Å². The average Bonchev–Trinajstić information content (AvgIpc) is 2.28. The van der Waals surface area contributed by atoms with Gasteiger partial charge in [-0.15, -0.1) is 0 Å². The number of nitrogens with two attached hydrogens (primary N) is 1. The molecule has 0 saturated heterocycles. The SMILES string of the molecule is CC(C)Oc1cc(CN)nc2ccc(O)cc12. The minimum atomic E-state index is 0.0635. The van der Waals surface area contributed by atoms with Crippen molar-refractivity contribution in [3.05, 3.63) is 30.0 Å². The molecule has 1 heterocycles. The van der Waals surface area contributed by atoms with Crippen LogP contribution in [-0.4, -0.2) is 16.2 Å². The van der Waals surface area contributed by atoms with Gasteiger partial charge in [0, 0.05) is 18.0 Å². The van der Waals surface area contributed by atoms with E-state index in [1.54, 1.807) is 18.2 Å². The molecule has 0 fully saturated rings. The van der Waals surface area contributed by atoms with Gasteiger partial charge in [-0.25, -0.2) is 0 Å². The molecule has 90 valence electrons. The molecule has 0 unspecified atom stereocenters. The molecule has 0 saturated carbocycles. The van der Waals surface area contributed by atoms with E-state index in [0.29, 0.717) is 12.3 Å². The Balaban J connectivity index is 2.63. The first kappa shape index (κ1) is 11.7. The minimum Gasteiger partial charge on any atom is -0.508 e. The zero-order valence-electron chi connectivity index (χ0n) is 9.97. The van der Waals surface area contributed by atoms with Crippen LogP contribution in [-0.2, 0) is 6.54 Å². The standard InChI is InChI=1S/C13H16N2O2/c1-8(2)17-13-5-9(7-14)15-12-4-3-10(16)6-11(12)13/h3-6,8,16H,7,14H2,1-2H3. The summed E-state index contributed by atoms with van der Waals surface area (Å²) >= 11 is 0. The van der Waals surface area contributed by atoms with E-state index < -0.39 is 0 Å². The van der Waals surface area contributed by atoms with Gasteiger partial charge in [0.15, 0.2) is 0 Å². The summed E-state index contributed by atoms with van der Waals surface area (Å²) in [6, 6.07) is 6.84. The number of phenols is 1. The van der Waals surface area contributed by atoms with Gasteiger partial charge in [-0.05, 0) is 32.0 Å². The lowest BCUT2D eigenvalue weighted by Crippen LogP contribution is -2.08. The molecular weight excluding hydrogens is 216 g/mol. The van der Waals surface area contributed by atoms with Crippen molar-refractivity contribution in [1.82, 2.24) is 4.98 Å². The molecule has 4 nitrogen and oxygen atoms in total. The van der Waals surface area contributed by atoms with Crippen LogP contribution in [0.2, 0.25) is 0 Å². The van der Waals surface area contributed by atoms with Crippen LogP contribution in [0.25, 0.3) is 10.9 Å². The van der Waals surface area contributed by atoms with Crippen molar-refractivity contribution in [2.75, 3.05) is 0 Å². The highest BCUT2D eigenvalue weighted by atomic mass is 16.5. The summed E-state index contributed by atoms with van der Waals surface area (Å²) < 4.78 is 5.72. The third-order valence-electron chi connectivity index (χ3n) is 2.38. The van der Waals surface area contributed by atoms with Gasteiger partial charge in [0.05, 0.1) is 17.3 Å². The predicted octanol–water partition coefficient (Wildman–Crippen LogP) is 2.19. The number of rotatable bonds is 3. The zero-order valence-corrected chi connectivity index (χ0v) is 9.97. The molecular formula is C13H16N2O2. The van der Waals surface area contributed by atoms with Crippen LogP contribution in [0.5, 0.6) is 11.5 Å². The number of aromatic nitrogens is 1. The Morgan fingerprint density at radius 3 is 2.76 bits per heavy atom.